The normalized spacial score (nSPS) is 11.5. The monoisotopic (exact) mass is 501 g/mol. The van der Waals surface area contributed by atoms with E-state index in [2.05, 4.69) is 27.8 Å². The average molecular weight is 501 g/mol. The molecule has 0 unspecified atom stereocenters. The first-order valence-corrected chi connectivity index (χ1v) is 10.6. The van der Waals surface area contributed by atoms with Gasteiger partial charge in [0.15, 0.2) is 15.8 Å². The lowest BCUT2D eigenvalue weighted by Crippen LogP contribution is -2.39. The second-order valence-electron chi connectivity index (χ2n) is 6.09. The predicted molar refractivity (Wildman–Crippen MR) is 123 cm³/mol. The number of rotatable bonds is 9. The molecular weight excluding hydrogens is 473 g/mol. The quantitative estimate of drug-likeness (QED) is 0.240. The summed E-state index contributed by atoms with van der Waals surface area (Å²) in [5.41, 5.74) is 2.10. The molecule has 148 valence electrons. The summed E-state index contributed by atoms with van der Waals surface area (Å²) in [7, 11) is -1.38. The minimum absolute atomic E-state index is 0. The SMILES string of the molecule is CN=C(NCCCS(=O)(=O)Cc1ccccc1)NCCc1ccccc1.I. The predicted octanol–water partition coefficient (Wildman–Crippen LogP) is 3.02. The van der Waals surface area contributed by atoms with Gasteiger partial charge in [-0.15, -0.1) is 24.0 Å². The number of sulfone groups is 1. The van der Waals surface area contributed by atoms with Crippen molar-refractivity contribution in [1.29, 1.82) is 0 Å². The molecule has 0 radical (unpaired) electrons. The highest BCUT2D eigenvalue weighted by Gasteiger charge is 2.11. The van der Waals surface area contributed by atoms with E-state index in [-0.39, 0.29) is 35.5 Å². The molecule has 0 aliphatic rings. The summed E-state index contributed by atoms with van der Waals surface area (Å²) < 4.78 is 24.3. The van der Waals surface area contributed by atoms with Crippen molar-refractivity contribution in [2.75, 3.05) is 25.9 Å². The van der Waals surface area contributed by atoms with E-state index < -0.39 is 9.84 Å². The summed E-state index contributed by atoms with van der Waals surface area (Å²) in [6, 6.07) is 19.5. The Hall–Kier alpha value is -1.61. The summed E-state index contributed by atoms with van der Waals surface area (Å²) in [4.78, 5) is 4.17. The number of aliphatic imine (C=N–C) groups is 1. The van der Waals surface area contributed by atoms with Crippen LogP contribution in [0.25, 0.3) is 0 Å². The molecule has 27 heavy (non-hydrogen) atoms. The molecule has 2 N–H and O–H groups in total. The van der Waals surface area contributed by atoms with E-state index in [1.807, 2.05) is 48.5 Å². The first kappa shape index (κ1) is 23.4. The van der Waals surface area contributed by atoms with E-state index in [0.29, 0.717) is 18.9 Å². The second kappa shape index (κ2) is 12.7. The van der Waals surface area contributed by atoms with Gasteiger partial charge >= 0.3 is 0 Å². The van der Waals surface area contributed by atoms with E-state index in [9.17, 15) is 8.42 Å². The van der Waals surface area contributed by atoms with E-state index in [4.69, 9.17) is 0 Å². The molecule has 2 aromatic rings. The lowest BCUT2D eigenvalue weighted by Gasteiger charge is -2.12. The third kappa shape index (κ3) is 9.76. The molecule has 0 spiro atoms. The Morgan fingerprint density at radius 2 is 1.44 bits per heavy atom. The van der Waals surface area contributed by atoms with E-state index >= 15 is 0 Å². The van der Waals surface area contributed by atoms with Crippen LogP contribution in [0.4, 0.5) is 0 Å². The largest absolute Gasteiger partial charge is 0.356 e. The number of nitrogens with zero attached hydrogens (tertiary/aromatic N) is 1. The highest BCUT2D eigenvalue weighted by atomic mass is 127. The number of hydrogen-bond donors (Lipinski definition) is 2. The summed E-state index contributed by atoms with van der Waals surface area (Å²) in [5, 5.41) is 6.41. The molecule has 0 amide bonds. The van der Waals surface area contributed by atoms with Gasteiger partial charge in [-0.25, -0.2) is 8.42 Å². The van der Waals surface area contributed by atoms with Crippen molar-refractivity contribution in [2.24, 2.45) is 4.99 Å². The smallest absolute Gasteiger partial charge is 0.190 e. The van der Waals surface area contributed by atoms with Gasteiger partial charge in [0.25, 0.3) is 0 Å². The van der Waals surface area contributed by atoms with E-state index in [1.165, 1.54) is 5.56 Å². The molecule has 7 heteroatoms. The summed E-state index contributed by atoms with van der Waals surface area (Å²) >= 11 is 0. The van der Waals surface area contributed by atoms with Gasteiger partial charge in [-0.05, 0) is 24.0 Å². The van der Waals surface area contributed by atoms with Gasteiger partial charge in [-0.3, -0.25) is 4.99 Å². The fourth-order valence-corrected chi connectivity index (χ4v) is 4.02. The standard InChI is InChI=1S/C20H27N3O2S.HI/c1-21-20(23-15-13-18-9-4-2-5-10-18)22-14-8-16-26(24,25)17-19-11-6-3-7-12-19;/h2-7,9-12H,8,13-17H2,1H3,(H2,21,22,23);1H. The Kier molecular flexibility index (Phi) is 11.0. The van der Waals surface area contributed by atoms with Crippen LogP contribution in [-0.4, -0.2) is 40.3 Å². The first-order chi connectivity index (χ1) is 12.6. The summed E-state index contributed by atoms with van der Waals surface area (Å²) in [6.07, 6.45) is 1.46. The van der Waals surface area contributed by atoms with Gasteiger partial charge in [0.05, 0.1) is 11.5 Å². The maximum absolute atomic E-state index is 12.2. The van der Waals surface area contributed by atoms with Crippen LogP contribution >= 0.6 is 24.0 Å². The zero-order valence-electron chi connectivity index (χ0n) is 15.6. The molecule has 0 heterocycles. The lowest BCUT2D eigenvalue weighted by molar-refractivity contribution is 0.591. The summed E-state index contributed by atoms with van der Waals surface area (Å²) in [5.74, 6) is 0.953. The van der Waals surface area contributed by atoms with Gasteiger partial charge < -0.3 is 10.6 Å². The van der Waals surface area contributed by atoms with Crippen LogP contribution in [-0.2, 0) is 22.0 Å². The maximum atomic E-state index is 12.2. The zero-order valence-corrected chi connectivity index (χ0v) is 18.7. The number of guanidine groups is 1. The molecule has 0 aromatic heterocycles. The first-order valence-electron chi connectivity index (χ1n) is 8.82. The Labute approximate surface area is 179 Å². The Balaban J connectivity index is 0.00000364. The highest BCUT2D eigenvalue weighted by molar-refractivity contribution is 14.0. The van der Waals surface area contributed by atoms with Crippen LogP contribution < -0.4 is 10.6 Å². The van der Waals surface area contributed by atoms with Gasteiger partial charge in [0.1, 0.15) is 0 Å². The highest BCUT2D eigenvalue weighted by Crippen LogP contribution is 2.06. The van der Waals surface area contributed by atoms with Crippen molar-refractivity contribution < 1.29 is 8.42 Å². The van der Waals surface area contributed by atoms with Crippen molar-refractivity contribution in [3.8, 4) is 0 Å². The van der Waals surface area contributed by atoms with Gasteiger partial charge in [0.2, 0.25) is 0 Å². The van der Waals surface area contributed by atoms with Crippen molar-refractivity contribution >= 4 is 39.8 Å². The van der Waals surface area contributed by atoms with E-state index in [0.717, 1.165) is 18.5 Å². The van der Waals surface area contributed by atoms with Gasteiger partial charge in [-0.2, -0.15) is 0 Å². The lowest BCUT2D eigenvalue weighted by atomic mass is 10.1. The molecule has 2 rings (SSSR count). The van der Waals surface area contributed by atoms with Gasteiger partial charge in [-0.1, -0.05) is 60.7 Å². The Bertz CT molecular complexity index is 781. The fraction of sp³-hybridized carbons (Fsp3) is 0.350. The number of nitrogens with one attached hydrogen (secondary N) is 2. The third-order valence-corrected chi connectivity index (χ3v) is 5.61. The van der Waals surface area contributed by atoms with E-state index in [1.54, 1.807) is 7.05 Å². The molecule has 0 atom stereocenters. The maximum Gasteiger partial charge on any atom is 0.190 e. The van der Waals surface area contributed by atoms with Crippen molar-refractivity contribution in [3.05, 3.63) is 71.8 Å². The molecule has 0 bridgehead atoms. The van der Waals surface area contributed by atoms with Crippen molar-refractivity contribution in [1.82, 2.24) is 10.6 Å². The van der Waals surface area contributed by atoms with Crippen LogP contribution in [0.2, 0.25) is 0 Å². The molecule has 0 saturated heterocycles. The van der Waals surface area contributed by atoms with Crippen LogP contribution in [0, 0.1) is 0 Å². The van der Waals surface area contributed by atoms with Crippen LogP contribution in [0.15, 0.2) is 65.7 Å². The Morgan fingerprint density at radius 1 is 0.889 bits per heavy atom. The molecule has 5 nitrogen and oxygen atoms in total. The molecule has 0 aliphatic heterocycles. The van der Waals surface area contributed by atoms with Crippen LogP contribution in [0.5, 0.6) is 0 Å². The minimum atomic E-state index is -3.09. The molecule has 2 aromatic carbocycles. The van der Waals surface area contributed by atoms with Crippen LogP contribution in [0.3, 0.4) is 0 Å². The van der Waals surface area contributed by atoms with Crippen molar-refractivity contribution in [2.45, 2.75) is 18.6 Å². The zero-order chi connectivity index (χ0) is 18.7. The number of halogens is 1. The average Bonchev–Trinajstić information content (AvgIpc) is 2.65. The summed E-state index contributed by atoms with van der Waals surface area (Å²) in [6.45, 7) is 1.34. The van der Waals surface area contributed by atoms with Crippen LogP contribution in [0.1, 0.15) is 17.5 Å². The molecule has 0 saturated carbocycles. The third-order valence-electron chi connectivity index (χ3n) is 3.93. The molecular formula is C20H28IN3O2S. The Morgan fingerprint density at radius 3 is 2.04 bits per heavy atom. The fourth-order valence-electron chi connectivity index (χ4n) is 2.59. The number of benzene rings is 2. The molecule has 0 fully saturated rings. The second-order valence-corrected chi connectivity index (χ2v) is 8.28. The number of hydrogen-bond acceptors (Lipinski definition) is 3. The van der Waals surface area contributed by atoms with Crippen molar-refractivity contribution in [3.63, 3.8) is 0 Å². The minimum Gasteiger partial charge on any atom is -0.356 e. The molecule has 0 aliphatic carbocycles. The topological polar surface area (TPSA) is 70.6 Å². The van der Waals surface area contributed by atoms with Gasteiger partial charge in [0, 0.05) is 20.1 Å².